The van der Waals surface area contributed by atoms with E-state index < -0.39 is 0 Å². The van der Waals surface area contributed by atoms with E-state index in [0.29, 0.717) is 25.6 Å². The maximum atomic E-state index is 12.9. The zero-order valence-electron chi connectivity index (χ0n) is 17.4. The van der Waals surface area contributed by atoms with E-state index in [0.717, 1.165) is 45.0 Å². The lowest BCUT2D eigenvalue weighted by Gasteiger charge is -2.38. The van der Waals surface area contributed by atoms with E-state index in [1.165, 1.54) is 0 Å². The molecule has 0 saturated carbocycles. The third-order valence-electron chi connectivity index (χ3n) is 5.81. The minimum atomic E-state index is -0.328. The SMILES string of the molecule is CC(C)CCN1CCNC(=O)[C@@H]1CC(=O)N1CCN(Cc2nccn2C)CC1. The van der Waals surface area contributed by atoms with Crippen molar-refractivity contribution in [2.24, 2.45) is 13.0 Å². The first-order chi connectivity index (χ1) is 13.4. The molecule has 1 aromatic rings. The van der Waals surface area contributed by atoms with Crippen LogP contribution in [0.25, 0.3) is 0 Å². The van der Waals surface area contributed by atoms with Gasteiger partial charge in [0.2, 0.25) is 11.8 Å². The zero-order valence-corrected chi connectivity index (χ0v) is 17.4. The number of piperazine rings is 2. The number of carbonyl (C=O) groups excluding carboxylic acids is 2. The van der Waals surface area contributed by atoms with E-state index in [1.54, 1.807) is 0 Å². The lowest BCUT2D eigenvalue weighted by Crippen LogP contribution is -2.57. The molecule has 0 bridgehead atoms. The molecular weight excluding hydrogens is 356 g/mol. The third kappa shape index (κ3) is 5.32. The molecule has 8 nitrogen and oxygen atoms in total. The summed E-state index contributed by atoms with van der Waals surface area (Å²) in [5.74, 6) is 1.72. The number of amides is 2. The molecule has 28 heavy (non-hydrogen) atoms. The fourth-order valence-electron chi connectivity index (χ4n) is 3.87. The van der Waals surface area contributed by atoms with Gasteiger partial charge in [0.1, 0.15) is 5.82 Å². The van der Waals surface area contributed by atoms with Crippen LogP contribution >= 0.6 is 0 Å². The van der Waals surface area contributed by atoms with Crippen LogP contribution in [0.1, 0.15) is 32.5 Å². The number of hydrogen-bond donors (Lipinski definition) is 1. The molecule has 0 radical (unpaired) electrons. The molecule has 1 atom stereocenters. The molecule has 0 aromatic carbocycles. The van der Waals surface area contributed by atoms with Gasteiger partial charge in [0.05, 0.1) is 19.0 Å². The van der Waals surface area contributed by atoms with Gasteiger partial charge in [-0.05, 0) is 18.9 Å². The van der Waals surface area contributed by atoms with Crippen LogP contribution in [0.4, 0.5) is 0 Å². The Morgan fingerprint density at radius 1 is 1.25 bits per heavy atom. The monoisotopic (exact) mass is 390 g/mol. The lowest BCUT2D eigenvalue weighted by atomic mass is 10.0. The normalized spacial score (nSPS) is 21.9. The van der Waals surface area contributed by atoms with Crippen molar-refractivity contribution in [3.8, 4) is 0 Å². The van der Waals surface area contributed by atoms with Crippen LogP contribution in [0.3, 0.4) is 0 Å². The van der Waals surface area contributed by atoms with Crippen molar-refractivity contribution in [1.82, 2.24) is 29.6 Å². The second-order valence-electron chi connectivity index (χ2n) is 8.34. The summed E-state index contributed by atoms with van der Waals surface area (Å²) in [6.07, 6.45) is 5.10. The van der Waals surface area contributed by atoms with Gasteiger partial charge in [-0.2, -0.15) is 0 Å². The van der Waals surface area contributed by atoms with Crippen molar-refractivity contribution in [3.05, 3.63) is 18.2 Å². The maximum Gasteiger partial charge on any atom is 0.237 e. The number of nitrogens with zero attached hydrogens (tertiary/aromatic N) is 5. The molecule has 2 aliphatic rings. The van der Waals surface area contributed by atoms with Gasteiger partial charge >= 0.3 is 0 Å². The topological polar surface area (TPSA) is 73.7 Å². The number of aromatic nitrogens is 2. The van der Waals surface area contributed by atoms with E-state index in [9.17, 15) is 9.59 Å². The van der Waals surface area contributed by atoms with Crippen LogP contribution in [-0.2, 0) is 23.2 Å². The standard InChI is InChI=1S/C20H34N6O2/c1-16(2)4-7-25-9-6-22-20(28)17(25)14-19(27)26-12-10-24(11-13-26)15-18-21-5-8-23(18)3/h5,8,16-17H,4,6-7,9-15H2,1-3H3,(H,22,28)/t17-/m0/s1. The Labute approximate surface area is 167 Å². The lowest BCUT2D eigenvalue weighted by molar-refractivity contribution is -0.140. The first-order valence-corrected chi connectivity index (χ1v) is 10.4. The predicted molar refractivity (Wildman–Crippen MR) is 108 cm³/mol. The van der Waals surface area contributed by atoms with Gasteiger partial charge in [0.25, 0.3) is 0 Å². The molecule has 1 aromatic heterocycles. The van der Waals surface area contributed by atoms with Gasteiger partial charge in [0.15, 0.2) is 0 Å². The first-order valence-electron chi connectivity index (χ1n) is 10.4. The molecule has 3 heterocycles. The van der Waals surface area contributed by atoms with Crippen molar-refractivity contribution in [2.45, 2.75) is 39.3 Å². The van der Waals surface area contributed by atoms with E-state index in [1.807, 2.05) is 28.9 Å². The highest BCUT2D eigenvalue weighted by Gasteiger charge is 2.33. The number of hydrogen-bond acceptors (Lipinski definition) is 5. The molecular formula is C20H34N6O2. The van der Waals surface area contributed by atoms with E-state index >= 15 is 0 Å². The molecule has 0 unspecified atom stereocenters. The average molecular weight is 391 g/mol. The molecule has 1 N–H and O–H groups in total. The fraction of sp³-hybridized carbons (Fsp3) is 0.750. The third-order valence-corrected chi connectivity index (χ3v) is 5.81. The molecule has 2 saturated heterocycles. The quantitative estimate of drug-likeness (QED) is 0.725. The molecule has 156 valence electrons. The maximum absolute atomic E-state index is 12.9. The molecule has 0 spiro atoms. The highest BCUT2D eigenvalue weighted by atomic mass is 16.2. The summed E-state index contributed by atoms with van der Waals surface area (Å²) in [7, 11) is 2.00. The summed E-state index contributed by atoms with van der Waals surface area (Å²) in [4.78, 5) is 36.1. The van der Waals surface area contributed by atoms with Crippen LogP contribution in [0.2, 0.25) is 0 Å². The zero-order chi connectivity index (χ0) is 20.1. The van der Waals surface area contributed by atoms with E-state index in [2.05, 4.69) is 33.9 Å². The fourth-order valence-corrected chi connectivity index (χ4v) is 3.87. The summed E-state index contributed by atoms with van der Waals surface area (Å²) in [5, 5.41) is 2.93. The minimum absolute atomic E-state index is 0.00299. The number of rotatable bonds is 7. The first kappa shape index (κ1) is 20.8. The molecule has 2 fully saturated rings. The van der Waals surface area contributed by atoms with Gasteiger partial charge in [-0.15, -0.1) is 0 Å². The second-order valence-corrected chi connectivity index (χ2v) is 8.34. The Bertz CT molecular complexity index is 665. The van der Waals surface area contributed by atoms with Crippen molar-refractivity contribution in [2.75, 3.05) is 45.8 Å². The highest BCUT2D eigenvalue weighted by Crippen LogP contribution is 2.15. The Balaban J connectivity index is 1.49. The van der Waals surface area contributed by atoms with Gasteiger partial charge in [-0.1, -0.05) is 13.8 Å². The Morgan fingerprint density at radius 2 is 2.00 bits per heavy atom. The Kier molecular flexibility index (Phi) is 7.07. The summed E-state index contributed by atoms with van der Waals surface area (Å²) in [5.41, 5.74) is 0. The Hall–Kier alpha value is -1.93. The van der Waals surface area contributed by atoms with E-state index in [-0.39, 0.29) is 24.3 Å². The van der Waals surface area contributed by atoms with Crippen LogP contribution < -0.4 is 5.32 Å². The number of carbonyl (C=O) groups is 2. The summed E-state index contributed by atoms with van der Waals surface area (Å²) >= 11 is 0. The van der Waals surface area contributed by atoms with Crippen molar-refractivity contribution < 1.29 is 9.59 Å². The molecule has 0 aliphatic carbocycles. The summed E-state index contributed by atoms with van der Waals surface area (Å²) < 4.78 is 2.03. The molecule has 3 rings (SSSR count). The van der Waals surface area contributed by atoms with Gasteiger partial charge in [-0.25, -0.2) is 4.98 Å². The van der Waals surface area contributed by atoms with Crippen LogP contribution in [-0.4, -0.2) is 87.9 Å². The van der Waals surface area contributed by atoms with Gasteiger partial charge < -0.3 is 14.8 Å². The van der Waals surface area contributed by atoms with Crippen LogP contribution in [0, 0.1) is 5.92 Å². The van der Waals surface area contributed by atoms with Crippen molar-refractivity contribution in [3.63, 3.8) is 0 Å². The van der Waals surface area contributed by atoms with Crippen LogP contribution in [0.5, 0.6) is 0 Å². The summed E-state index contributed by atoms with van der Waals surface area (Å²) in [6, 6.07) is -0.328. The highest BCUT2D eigenvalue weighted by molar-refractivity contribution is 5.88. The molecule has 8 heteroatoms. The largest absolute Gasteiger partial charge is 0.353 e. The summed E-state index contributed by atoms with van der Waals surface area (Å²) in [6.45, 7) is 10.7. The molecule has 2 amide bonds. The number of imidazole rings is 1. The van der Waals surface area contributed by atoms with Gasteiger partial charge in [0, 0.05) is 58.7 Å². The molecule has 2 aliphatic heterocycles. The van der Waals surface area contributed by atoms with Gasteiger partial charge in [-0.3, -0.25) is 19.4 Å². The van der Waals surface area contributed by atoms with E-state index in [4.69, 9.17) is 0 Å². The minimum Gasteiger partial charge on any atom is -0.353 e. The predicted octanol–water partition coefficient (Wildman–Crippen LogP) is 0.301. The Morgan fingerprint density at radius 3 is 2.64 bits per heavy atom. The van der Waals surface area contributed by atoms with Crippen molar-refractivity contribution in [1.29, 1.82) is 0 Å². The average Bonchev–Trinajstić information content (AvgIpc) is 3.07. The van der Waals surface area contributed by atoms with Crippen LogP contribution in [0.15, 0.2) is 12.4 Å². The smallest absolute Gasteiger partial charge is 0.237 e. The van der Waals surface area contributed by atoms with Crippen molar-refractivity contribution >= 4 is 11.8 Å². The number of nitrogens with one attached hydrogen (secondary N) is 1. The number of aryl methyl sites for hydroxylation is 1. The second kappa shape index (κ2) is 9.52.